The Morgan fingerprint density at radius 3 is 2.21 bits per heavy atom. The summed E-state index contributed by atoms with van der Waals surface area (Å²) in [5.74, 6) is 2.52. The maximum absolute atomic E-state index is 12.6. The second-order valence-corrected chi connectivity index (χ2v) is 10.9. The van der Waals surface area contributed by atoms with E-state index in [1.807, 2.05) is 0 Å². The van der Waals surface area contributed by atoms with Crippen molar-refractivity contribution in [3.8, 4) is 0 Å². The fraction of sp³-hybridized carbons (Fsp3) is 0.955. The highest BCUT2D eigenvalue weighted by atomic mass is 16.3. The van der Waals surface area contributed by atoms with E-state index in [-0.39, 0.29) is 22.3 Å². The van der Waals surface area contributed by atoms with Crippen LogP contribution in [0.4, 0.5) is 0 Å². The lowest BCUT2D eigenvalue weighted by atomic mass is 9.38. The SMILES string of the molecule is CC1(C)C(=O)CC[C@@]2(C)C1CC[C@@H]1[C@@H]2CC[C@]2(C)C(O)CC[C@@]12C. The molecule has 0 heterocycles. The van der Waals surface area contributed by atoms with Gasteiger partial charge in [0.05, 0.1) is 6.10 Å². The van der Waals surface area contributed by atoms with Crippen LogP contribution in [0.5, 0.6) is 0 Å². The highest BCUT2D eigenvalue weighted by molar-refractivity contribution is 5.85. The summed E-state index contributed by atoms with van der Waals surface area (Å²) in [5.41, 5.74) is 0.569. The lowest BCUT2D eigenvalue weighted by Gasteiger charge is -2.66. The second kappa shape index (κ2) is 4.87. The second-order valence-electron chi connectivity index (χ2n) is 10.9. The minimum atomic E-state index is -0.144. The zero-order valence-electron chi connectivity index (χ0n) is 16.3. The Labute approximate surface area is 147 Å². The summed E-state index contributed by atoms with van der Waals surface area (Å²) in [6, 6.07) is 0. The van der Waals surface area contributed by atoms with E-state index in [2.05, 4.69) is 34.6 Å². The van der Waals surface area contributed by atoms with Gasteiger partial charge >= 0.3 is 0 Å². The summed E-state index contributed by atoms with van der Waals surface area (Å²) in [7, 11) is 0. The van der Waals surface area contributed by atoms with Crippen molar-refractivity contribution in [2.45, 2.75) is 92.1 Å². The molecule has 4 saturated carbocycles. The molecule has 0 bridgehead atoms. The van der Waals surface area contributed by atoms with Gasteiger partial charge in [0.25, 0.3) is 0 Å². The number of aliphatic hydroxyl groups excluding tert-OH is 1. The average molecular weight is 333 g/mol. The summed E-state index contributed by atoms with van der Waals surface area (Å²) in [5, 5.41) is 10.7. The first kappa shape index (κ1) is 17.1. The van der Waals surface area contributed by atoms with Gasteiger partial charge in [-0.15, -0.1) is 0 Å². The predicted octanol–water partition coefficient (Wildman–Crippen LogP) is 4.99. The number of rotatable bonds is 0. The molecule has 4 aliphatic carbocycles. The first-order chi connectivity index (χ1) is 11.1. The fourth-order valence-electron chi connectivity index (χ4n) is 8.27. The van der Waals surface area contributed by atoms with E-state index < -0.39 is 0 Å². The van der Waals surface area contributed by atoms with E-state index in [4.69, 9.17) is 0 Å². The summed E-state index contributed by atoms with van der Waals surface area (Å²) in [4.78, 5) is 12.6. The number of ketones is 1. The van der Waals surface area contributed by atoms with Crippen molar-refractivity contribution in [1.82, 2.24) is 0 Å². The third-order valence-electron chi connectivity index (χ3n) is 10.1. The van der Waals surface area contributed by atoms with Gasteiger partial charge in [0.2, 0.25) is 0 Å². The van der Waals surface area contributed by atoms with Crippen molar-refractivity contribution >= 4 is 5.78 Å². The normalized spacial score (nSPS) is 56.3. The van der Waals surface area contributed by atoms with Gasteiger partial charge in [0.15, 0.2) is 0 Å². The van der Waals surface area contributed by atoms with E-state index in [1.54, 1.807) is 0 Å². The molecule has 0 saturated heterocycles. The third-order valence-corrected chi connectivity index (χ3v) is 10.1. The molecule has 2 nitrogen and oxygen atoms in total. The standard InChI is InChI=1S/C22H36O2/c1-19(2)16-7-6-15-14(20(16,3)11-9-17(19)23)8-12-22(5)18(24)10-13-21(15,22)4/h14-16,18,24H,6-13H2,1-5H3/t14-,15+,16?,18?,20+,21-,22+/m0/s1. The molecule has 2 heteroatoms. The Morgan fingerprint density at radius 2 is 1.50 bits per heavy atom. The molecule has 0 amide bonds. The quantitative estimate of drug-likeness (QED) is 0.679. The molecule has 0 aromatic heterocycles. The van der Waals surface area contributed by atoms with Gasteiger partial charge in [-0.05, 0) is 78.9 Å². The number of aliphatic hydroxyl groups is 1. The van der Waals surface area contributed by atoms with Gasteiger partial charge in [-0.1, -0.05) is 34.6 Å². The summed E-state index contributed by atoms with van der Waals surface area (Å²) in [6.07, 6.45) is 8.83. The van der Waals surface area contributed by atoms with Gasteiger partial charge in [-0.25, -0.2) is 0 Å². The van der Waals surface area contributed by atoms with Crippen LogP contribution in [0.25, 0.3) is 0 Å². The van der Waals surface area contributed by atoms with Crippen LogP contribution >= 0.6 is 0 Å². The summed E-state index contributed by atoms with van der Waals surface area (Å²) < 4.78 is 0. The van der Waals surface area contributed by atoms with Crippen molar-refractivity contribution in [1.29, 1.82) is 0 Å². The monoisotopic (exact) mass is 332 g/mol. The Hall–Kier alpha value is -0.370. The highest BCUT2D eigenvalue weighted by Gasteiger charge is 2.67. The minimum absolute atomic E-state index is 0.108. The lowest BCUT2D eigenvalue weighted by Crippen LogP contribution is -2.61. The molecule has 0 spiro atoms. The molecule has 7 atom stereocenters. The number of carbonyl (C=O) groups excluding carboxylic acids is 1. The van der Waals surface area contributed by atoms with Crippen LogP contribution in [0.3, 0.4) is 0 Å². The van der Waals surface area contributed by atoms with Crippen LogP contribution in [0.15, 0.2) is 0 Å². The Balaban J connectivity index is 1.73. The van der Waals surface area contributed by atoms with Gasteiger partial charge in [0, 0.05) is 11.8 Å². The van der Waals surface area contributed by atoms with Gasteiger partial charge < -0.3 is 5.11 Å². The van der Waals surface area contributed by atoms with Crippen molar-refractivity contribution in [2.75, 3.05) is 0 Å². The van der Waals surface area contributed by atoms with Crippen LogP contribution in [-0.4, -0.2) is 17.0 Å². The maximum Gasteiger partial charge on any atom is 0.138 e. The maximum atomic E-state index is 12.6. The Kier molecular flexibility index (Phi) is 3.46. The predicted molar refractivity (Wildman–Crippen MR) is 96.5 cm³/mol. The van der Waals surface area contributed by atoms with Gasteiger partial charge in [0.1, 0.15) is 5.78 Å². The van der Waals surface area contributed by atoms with Gasteiger partial charge in [-0.3, -0.25) is 4.79 Å². The molecule has 1 N–H and O–H groups in total. The Bertz CT molecular complexity index is 566. The number of carbonyl (C=O) groups is 1. The topological polar surface area (TPSA) is 37.3 Å². The molecule has 2 unspecified atom stereocenters. The van der Waals surface area contributed by atoms with Crippen LogP contribution in [0.2, 0.25) is 0 Å². The molecule has 4 fully saturated rings. The van der Waals surface area contributed by atoms with Crippen LogP contribution in [0.1, 0.15) is 86.0 Å². The highest BCUT2D eigenvalue weighted by Crippen LogP contribution is 2.72. The van der Waals surface area contributed by atoms with Crippen LogP contribution < -0.4 is 0 Å². The van der Waals surface area contributed by atoms with E-state index in [9.17, 15) is 9.90 Å². The molecule has 0 radical (unpaired) electrons. The molecule has 0 aromatic carbocycles. The zero-order valence-corrected chi connectivity index (χ0v) is 16.3. The number of hydrogen-bond donors (Lipinski definition) is 1. The molecular weight excluding hydrogens is 296 g/mol. The third kappa shape index (κ3) is 1.79. The summed E-state index contributed by atoms with van der Waals surface area (Å²) >= 11 is 0. The van der Waals surface area contributed by atoms with Crippen molar-refractivity contribution in [3.63, 3.8) is 0 Å². The van der Waals surface area contributed by atoms with Crippen molar-refractivity contribution in [3.05, 3.63) is 0 Å². The molecule has 4 aliphatic rings. The van der Waals surface area contributed by atoms with Crippen molar-refractivity contribution < 1.29 is 9.90 Å². The Morgan fingerprint density at radius 1 is 0.833 bits per heavy atom. The fourth-order valence-corrected chi connectivity index (χ4v) is 8.27. The largest absolute Gasteiger partial charge is 0.393 e. The molecule has 0 aliphatic heterocycles. The molecule has 0 aromatic rings. The smallest absolute Gasteiger partial charge is 0.138 e. The molecule has 136 valence electrons. The van der Waals surface area contributed by atoms with Crippen LogP contribution in [0, 0.1) is 39.4 Å². The van der Waals surface area contributed by atoms with E-state index in [1.165, 1.54) is 32.1 Å². The average Bonchev–Trinajstić information content (AvgIpc) is 2.76. The first-order valence-corrected chi connectivity index (χ1v) is 10.3. The van der Waals surface area contributed by atoms with Gasteiger partial charge in [-0.2, -0.15) is 0 Å². The first-order valence-electron chi connectivity index (χ1n) is 10.3. The molecular formula is C22H36O2. The van der Waals surface area contributed by atoms with E-state index >= 15 is 0 Å². The summed E-state index contributed by atoms with van der Waals surface area (Å²) in [6.45, 7) is 11.8. The number of fused-ring (bicyclic) bond motifs is 5. The zero-order chi connectivity index (χ0) is 17.5. The molecule has 4 rings (SSSR count). The minimum Gasteiger partial charge on any atom is -0.393 e. The van der Waals surface area contributed by atoms with E-state index in [0.717, 1.165) is 31.1 Å². The lowest BCUT2D eigenvalue weighted by molar-refractivity contribution is -0.185. The number of Topliss-reactive ketones (excluding diaryl/α,β-unsaturated/α-hetero) is 1. The number of hydrogen-bond acceptors (Lipinski definition) is 2. The molecule has 24 heavy (non-hydrogen) atoms. The van der Waals surface area contributed by atoms with Crippen LogP contribution in [-0.2, 0) is 4.79 Å². The van der Waals surface area contributed by atoms with E-state index in [0.29, 0.717) is 17.1 Å². The van der Waals surface area contributed by atoms with Crippen molar-refractivity contribution in [2.24, 2.45) is 39.4 Å².